The van der Waals surface area contributed by atoms with E-state index in [0.29, 0.717) is 5.57 Å². The molecule has 0 aromatic heterocycles. The molecule has 1 aliphatic carbocycles. The zero-order chi connectivity index (χ0) is 18.4. The highest BCUT2D eigenvalue weighted by Gasteiger charge is 2.19. The van der Waals surface area contributed by atoms with Crippen LogP contribution in [0.3, 0.4) is 0 Å². The molecule has 0 radical (unpaired) electrons. The molecule has 2 aromatic rings. The molecule has 0 atom stereocenters. The third-order valence-electron chi connectivity index (χ3n) is 4.68. The first-order chi connectivity index (χ1) is 12.6. The lowest BCUT2D eigenvalue weighted by Crippen LogP contribution is -2.36. The van der Waals surface area contributed by atoms with Gasteiger partial charge in [-0.2, -0.15) is 0 Å². The summed E-state index contributed by atoms with van der Waals surface area (Å²) in [5, 5.41) is 14.0. The first-order valence-electron chi connectivity index (χ1n) is 8.96. The number of nitro groups is 1. The largest absolute Gasteiger partial charge is 0.349 e. The molecule has 3 rings (SSSR count). The quantitative estimate of drug-likeness (QED) is 0.371. The van der Waals surface area contributed by atoms with Crippen molar-refractivity contribution in [3.05, 3.63) is 75.8 Å². The van der Waals surface area contributed by atoms with Crippen molar-refractivity contribution in [3.63, 3.8) is 0 Å². The van der Waals surface area contributed by atoms with Gasteiger partial charge in [-0.25, -0.2) is 0 Å². The molecular formula is C21H22N2O3. The summed E-state index contributed by atoms with van der Waals surface area (Å²) in [6.07, 6.45) is 7.36. The van der Waals surface area contributed by atoms with Gasteiger partial charge < -0.3 is 5.32 Å². The highest BCUT2D eigenvalue weighted by molar-refractivity contribution is 6.24. The van der Waals surface area contributed by atoms with Crippen molar-refractivity contribution >= 4 is 23.2 Å². The fourth-order valence-electron chi connectivity index (χ4n) is 3.27. The molecule has 0 aliphatic heterocycles. The van der Waals surface area contributed by atoms with E-state index in [9.17, 15) is 14.9 Å². The molecule has 1 N–H and O–H groups in total. The molecule has 5 nitrogen and oxygen atoms in total. The lowest BCUT2D eigenvalue weighted by Gasteiger charge is -2.23. The third kappa shape index (κ3) is 4.57. The van der Waals surface area contributed by atoms with Gasteiger partial charge in [-0.3, -0.25) is 14.9 Å². The summed E-state index contributed by atoms with van der Waals surface area (Å²) in [5.41, 5.74) is 2.20. The summed E-state index contributed by atoms with van der Waals surface area (Å²) in [7, 11) is 0. The van der Waals surface area contributed by atoms with Crippen LogP contribution in [0.1, 0.15) is 43.2 Å². The van der Waals surface area contributed by atoms with Crippen LogP contribution in [0.15, 0.2) is 54.6 Å². The zero-order valence-electron chi connectivity index (χ0n) is 14.6. The predicted molar refractivity (Wildman–Crippen MR) is 102 cm³/mol. The van der Waals surface area contributed by atoms with Gasteiger partial charge in [0.05, 0.1) is 4.92 Å². The van der Waals surface area contributed by atoms with Crippen LogP contribution in [0, 0.1) is 10.1 Å². The monoisotopic (exact) mass is 350 g/mol. The van der Waals surface area contributed by atoms with E-state index in [2.05, 4.69) is 5.32 Å². The number of hydrogen-bond donors (Lipinski definition) is 1. The fraction of sp³-hybridized carbons (Fsp3) is 0.286. The van der Waals surface area contributed by atoms with Crippen LogP contribution in [0.5, 0.6) is 0 Å². The second-order valence-corrected chi connectivity index (χ2v) is 6.58. The van der Waals surface area contributed by atoms with Crippen LogP contribution < -0.4 is 5.32 Å². The van der Waals surface area contributed by atoms with Crippen LogP contribution in [0.25, 0.3) is 11.6 Å². The summed E-state index contributed by atoms with van der Waals surface area (Å²) in [5.74, 6) is -0.0959. The van der Waals surface area contributed by atoms with E-state index < -0.39 is 4.92 Å². The summed E-state index contributed by atoms with van der Waals surface area (Å²) in [4.78, 5) is 23.3. The van der Waals surface area contributed by atoms with Crippen molar-refractivity contribution in [1.82, 2.24) is 5.32 Å². The number of rotatable bonds is 5. The Bertz CT molecular complexity index is 792. The molecule has 1 amide bonds. The average Bonchev–Trinajstić information content (AvgIpc) is 2.68. The van der Waals surface area contributed by atoms with E-state index in [1.165, 1.54) is 18.6 Å². The molecule has 1 fully saturated rings. The SMILES string of the molecule is O=C(NC1CCCCC1)/C(=C\c1ccc([N+](=O)[O-])cc1)c1ccccc1. The molecule has 1 saturated carbocycles. The molecule has 134 valence electrons. The van der Waals surface area contributed by atoms with Crippen molar-refractivity contribution in [2.75, 3.05) is 0 Å². The highest BCUT2D eigenvalue weighted by Crippen LogP contribution is 2.23. The van der Waals surface area contributed by atoms with Gasteiger partial charge in [0.25, 0.3) is 11.6 Å². The Balaban J connectivity index is 1.87. The zero-order valence-corrected chi connectivity index (χ0v) is 14.6. The number of carbonyl (C=O) groups excluding carboxylic acids is 1. The Morgan fingerprint density at radius 1 is 1.00 bits per heavy atom. The summed E-state index contributed by atoms with van der Waals surface area (Å²) >= 11 is 0. The Morgan fingerprint density at radius 3 is 2.27 bits per heavy atom. The summed E-state index contributed by atoms with van der Waals surface area (Å²) in [6, 6.07) is 16.0. The standard InChI is InChI=1S/C21H22N2O3/c24-21(22-18-9-5-2-6-10-18)20(17-7-3-1-4-8-17)15-16-11-13-19(14-12-16)23(25)26/h1,3-4,7-8,11-15,18H,2,5-6,9-10H2,(H,22,24)/b20-15-. The van der Waals surface area contributed by atoms with E-state index in [4.69, 9.17) is 0 Å². The Labute approximate surface area is 152 Å². The van der Waals surface area contributed by atoms with Crippen LogP contribution in [-0.4, -0.2) is 16.9 Å². The molecule has 1 aliphatic rings. The summed E-state index contributed by atoms with van der Waals surface area (Å²) < 4.78 is 0. The molecule has 5 heteroatoms. The van der Waals surface area contributed by atoms with Gasteiger partial charge >= 0.3 is 0 Å². The smallest absolute Gasteiger partial charge is 0.269 e. The highest BCUT2D eigenvalue weighted by atomic mass is 16.6. The van der Waals surface area contributed by atoms with Gasteiger partial charge in [-0.1, -0.05) is 49.6 Å². The average molecular weight is 350 g/mol. The maximum atomic E-state index is 12.9. The molecule has 2 aromatic carbocycles. The number of hydrogen-bond acceptors (Lipinski definition) is 3. The molecule has 0 spiro atoms. The third-order valence-corrected chi connectivity index (χ3v) is 4.68. The van der Waals surface area contributed by atoms with Crippen molar-refractivity contribution in [1.29, 1.82) is 0 Å². The van der Waals surface area contributed by atoms with Crippen molar-refractivity contribution in [2.24, 2.45) is 0 Å². The number of carbonyl (C=O) groups is 1. The van der Waals surface area contributed by atoms with Crippen LogP contribution in [0.4, 0.5) is 5.69 Å². The normalized spacial score (nSPS) is 15.5. The van der Waals surface area contributed by atoms with Crippen LogP contribution in [0.2, 0.25) is 0 Å². The number of nitro benzene ring substituents is 1. The topological polar surface area (TPSA) is 72.2 Å². The van der Waals surface area contributed by atoms with Gasteiger partial charge in [0.15, 0.2) is 0 Å². The Kier molecular flexibility index (Phi) is 5.79. The summed E-state index contributed by atoms with van der Waals surface area (Å²) in [6.45, 7) is 0. The first kappa shape index (κ1) is 17.9. The molecule has 0 saturated heterocycles. The number of nitrogens with one attached hydrogen (secondary N) is 1. The van der Waals surface area contributed by atoms with Crippen molar-refractivity contribution < 1.29 is 9.72 Å². The van der Waals surface area contributed by atoms with Gasteiger partial charge in [0, 0.05) is 23.7 Å². The van der Waals surface area contributed by atoms with E-state index in [-0.39, 0.29) is 17.6 Å². The van der Waals surface area contributed by atoms with Crippen molar-refractivity contribution in [2.45, 2.75) is 38.1 Å². The van der Waals surface area contributed by atoms with E-state index in [1.54, 1.807) is 18.2 Å². The van der Waals surface area contributed by atoms with Crippen LogP contribution in [-0.2, 0) is 4.79 Å². The van der Waals surface area contributed by atoms with Gasteiger partial charge in [0.2, 0.25) is 0 Å². The van der Waals surface area contributed by atoms with Gasteiger partial charge in [-0.15, -0.1) is 0 Å². The molecule has 26 heavy (non-hydrogen) atoms. The predicted octanol–water partition coefficient (Wildman–Crippen LogP) is 4.58. The maximum absolute atomic E-state index is 12.9. The minimum Gasteiger partial charge on any atom is -0.349 e. The first-order valence-corrected chi connectivity index (χ1v) is 8.96. The molecule has 0 unspecified atom stereocenters. The number of nitrogens with zero attached hydrogens (tertiary/aromatic N) is 1. The lowest BCUT2D eigenvalue weighted by atomic mass is 9.94. The minimum atomic E-state index is -0.429. The van der Waals surface area contributed by atoms with Crippen molar-refractivity contribution in [3.8, 4) is 0 Å². The molecule has 0 heterocycles. The van der Waals surface area contributed by atoms with Gasteiger partial charge in [-0.05, 0) is 42.2 Å². The second-order valence-electron chi connectivity index (χ2n) is 6.58. The van der Waals surface area contributed by atoms with Gasteiger partial charge in [0.1, 0.15) is 0 Å². The van der Waals surface area contributed by atoms with E-state index >= 15 is 0 Å². The Morgan fingerprint density at radius 2 is 1.65 bits per heavy atom. The lowest BCUT2D eigenvalue weighted by molar-refractivity contribution is -0.384. The molecule has 0 bridgehead atoms. The number of benzene rings is 2. The fourth-order valence-corrected chi connectivity index (χ4v) is 3.27. The van der Waals surface area contributed by atoms with E-state index in [0.717, 1.165) is 36.8 Å². The van der Waals surface area contributed by atoms with E-state index in [1.807, 2.05) is 30.3 Å². The molecular weight excluding hydrogens is 328 g/mol. The number of amides is 1. The maximum Gasteiger partial charge on any atom is 0.269 e. The van der Waals surface area contributed by atoms with Crippen LogP contribution >= 0.6 is 0 Å². The Hall–Kier alpha value is -2.95. The minimum absolute atomic E-state index is 0.0371. The second kappa shape index (κ2) is 8.43. The number of non-ortho nitro benzene ring substituents is 1.